The van der Waals surface area contributed by atoms with Crippen molar-refractivity contribution >= 4 is 11.3 Å². The van der Waals surface area contributed by atoms with E-state index in [9.17, 15) is 0 Å². The van der Waals surface area contributed by atoms with E-state index in [0.717, 1.165) is 5.76 Å². The molecule has 0 aliphatic heterocycles. The molecule has 0 bridgehead atoms. The van der Waals surface area contributed by atoms with Crippen molar-refractivity contribution < 1.29 is 4.42 Å². The fraction of sp³-hybridized carbons (Fsp3) is 0.200. The number of thiophene rings is 1. The van der Waals surface area contributed by atoms with Crippen molar-refractivity contribution in [1.29, 1.82) is 0 Å². The lowest BCUT2D eigenvalue weighted by Crippen LogP contribution is -2.28. The molecule has 1 unspecified atom stereocenters. The molecule has 1 atom stereocenters. The number of aryl methyl sites for hydroxylation is 1. The molecule has 0 radical (unpaired) electrons. The maximum atomic E-state index is 5.52. The lowest BCUT2D eigenvalue weighted by atomic mass is 10.1. The van der Waals surface area contributed by atoms with Gasteiger partial charge < -0.3 is 4.42 Å². The molecule has 0 saturated carbocycles. The molecule has 2 aromatic heterocycles. The van der Waals surface area contributed by atoms with Gasteiger partial charge in [-0.2, -0.15) is 0 Å². The van der Waals surface area contributed by atoms with Crippen LogP contribution in [0.25, 0.3) is 0 Å². The van der Waals surface area contributed by atoms with Crippen LogP contribution in [0.1, 0.15) is 22.2 Å². The summed E-state index contributed by atoms with van der Waals surface area (Å²) in [6, 6.07) is 5.80. The standard InChI is InChI=1S/C10H12N2OS/c1-7-8(4-6-14-7)10(12-11)9-3-2-5-13-9/h2-6,10,12H,11H2,1H3. The molecule has 0 saturated heterocycles. The monoisotopic (exact) mass is 208 g/mol. The van der Waals surface area contributed by atoms with Crippen molar-refractivity contribution in [3.63, 3.8) is 0 Å². The summed E-state index contributed by atoms with van der Waals surface area (Å²) in [6.07, 6.45) is 1.65. The van der Waals surface area contributed by atoms with Gasteiger partial charge in [-0.1, -0.05) is 0 Å². The summed E-state index contributed by atoms with van der Waals surface area (Å²) in [6.45, 7) is 2.08. The molecular formula is C10H12N2OS. The third-order valence-corrected chi connectivity index (χ3v) is 3.07. The first kappa shape index (κ1) is 9.45. The highest BCUT2D eigenvalue weighted by Crippen LogP contribution is 2.27. The second kappa shape index (κ2) is 3.96. The predicted octanol–water partition coefficient (Wildman–Crippen LogP) is 2.20. The first-order chi connectivity index (χ1) is 6.83. The highest BCUT2D eigenvalue weighted by molar-refractivity contribution is 7.10. The molecule has 0 spiro atoms. The molecule has 0 aliphatic carbocycles. The lowest BCUT2D eigenvalue weighted by molar-refractivity contribution is 0.452. The van der Waals surface area contributed by atoms with Crippen LogP contribution in [0.3, 0.4) is 0 Å². The Bertz CT molecular complexity index is 394. The number of furan rings is 1. The summed E-state index contributed by atoms with van der Waals surface area (Å²) in [7, 11) is 0. The van der Waals surface area contributed by atoms with E-state index < -0.39 is 0 Å². The van der Waals surface area contributed by atoms with Crippen LogP contribution in [0.15, 0.2) is 34.3 Å². The van der Waals surface area contributed by atoms with Crippen molar-refractivity contribution in [2.75, 3.05) is 0 Å². The molecule has 3 nitrogen and oxygen atoms in total. The number of nitrogens with one attached hydrogen (secondary N) is 1. The summed E-state index contributed by atoms with van der Waals surface area (Å²) in [5, 5.41) is 2.05. The molecule has 2 heterocycles. The van der Waals surface area contributed by atoms with E-state index in [1.54, 1.807) is 17.6 Å². The Morgan fingerprint density at radius 1 is 1.50 bits per heavy atom. The second-order valence-electron chi connectivity index (χ2n) is 3.05. The van der Waals surface area contributed by atoms with Crippen molar-refractivity contribution in [1.82, 2.24) is 5.43 Å². The number of hydrogen-bond acceptors (Lipinski definition) is 4. The zero-order valence-corrected chi connectivity index (χ0v) is 8.67. The minimum Gasteiger partial charge on any atom is -0.467 e. The maximum Gasteiger partial charge on any atom is 0.126 e. The van der Waals surface area contributed by atoms with Crippen LogP contribution < -0.4 is 11.3 Å². The van der Waals surface area contributed by atoms with Gasteiger partial charge in [-0.25, -0.2) is 5.43 Å². The van der Waals surface area contributed by atoms with Crippen molar-refractivity contribution in [3.05, 3.63) is 46.0 Å². The topological polar surface area (TPSA) is 51.2 Å². The van der Waals surface area contributed by atoms with Gasteiger partial charge >= 0.3 is 0 Å². The maximum absolute atomic E-state index is 5.52. The molecule has 4 heteroatoms. The molecular weight excluding hydrogens is 196 g/mol. The van der Waals surface area contributed by atoms with E-state index in [1.165, 1.54) is 10.4 Å². The Labute approximate surface area is 86.5 Å². The fourth-order valence-electron chi connectivity index (χ4n) is 1.47. The quantitative estimate of drug-likeness (QED) is 0.600. The van der Waals surface area contributed by atoms with E-state index in [2.05, 4.69) is 23.8 Å². The van der Waals surface area contributed by atoms with Crippen LogP contribution in [0.4, 0.5) is 0 Å². The Kier molecular flexibility index (Phi) is 2.67. The minimum atomic E-state index is -0.0451. The third-order valence-electron chi connectivity index (χ3n) is 2.20. The van der Waals surface area contributed by atoms with E-state index in [1.807, 2.05) is 12.1 Å². The molecule has 14 heavy (non-hydrogen) atoms. The third kappa shape index (κ3) is 1.59. The summed E-state index contributed by atoms with van der Waals surface area (Å²) < 4.78 is 5.33. The molecule has 2 rings (SSSR count). The van der Waals surface area contributed by atoms with Gasteiger partial charge in [0.1, 0.15) is 11.8 Å². The Balaban J connectivity index is 2.36. The lowest BCUT2D eigenvalue weighted by Gasteiger charge is -2.12. The second-order valence-corrected chi connectivity index (χ2v) is 4.17. The van der Waals surface area contributed by atoms with Crippen LogP contribution in [0.2, 0.25) is 0 Å². The summed E-state index contributed by atoms with van der Waals surface area (Å²) in [5.74, 6) is 6.36. The summed E-state index contributed by atoms with van der Waals surface area (Å²) in [4.78, 5) is 1.25. The van der Waals surface area contributed by atoms with Crippen molar-refractivity contribution in [2.24, 2.45) is 5.84 Å². The zero-order chi connectivity index (χ0) is 9.97. The first-order valence-electron chi connectivity index (χ1n) is 4.36. The Hall–Kier alpha value is -1.10. The Morgan fingerprint density at radius 2 is 2.36 bits per heavy atom. The number of hydrogen-bond donors (Lipinski definition) is 2. The van der Waals surface area contributed by atoms with Crippen LogP contribution in [-0.4, -0.2) is 0 Å². The molecule has 74 valence electrons. The van der Waals surface area contributed by atoms with E-state index in [-0.39, 0.29) is 6.04 Å². The highest BCUT2D eigenvalue weighted by Gasteiger charge is 2.17. The Morgan fingerprint density at radius 3 is 2.86 bits per heavy atom. The minimum absolute atomic E-state index is 0.0451. The molecule has 0 fully saturated rings. The number of rotatable bonds is 3. The predicted molar refractivity (Wildman–Crippen MR) is 56.9 cm³/mol. The van der Waals surface area contributed by atoms with E-state index in [0.29, 0.717) is 0 Å². The largest absolute Gasteiger partial charge is 0.467 e. The number of nitrogens with two attached hydrogens (primary N) is 1. The smallest absolute Gasteiger partial charge is 0.126 e. The van der Waals surface area contributed by atoms with Crippen LogP contribution >= 0.6 is 11.3 Å². The van der Waals surface area contributed by atoms with Gasteiger partial charge in [0.15, 0.2) is 0 Å². The van der Waals surface area contributed by atoms with Gasteiger partial charge in [-0.3, -0.25) is 5.84 Å². The van der Waals surface area contributed by atoms with Crippen LogP contribution in [-0.2, 0) is 0 Å². The summed E-state index contributed by atoms with van der Waals surface area (Å²) >= 11 is 1.71. The van der Waals surface area contributed by atoms with Gasteiger partial charge in [-0.15, -0.1) is 11.3 Å². The molecule has 2 aromatic rings. The van der Waals surface area contributed by atoms with E-state index >= 15 is 0 Å². The van der Waals surface area contributed by atoms with Crippen molar-refractivity contribution in [3.8, 4) is 0 Å². The first-order valence-corrected chi connectivity index (χ1v) is 5.24. The van der Waals surface area contributed by atoms with Gasteiger partial charge in [0, 0.05) is 4.88 Å². The van der Waals surface area contributed by atoms with Gasteiger partial charge in [0.05, 0.1) is 6.26 Å². The number of hydrazine groups is 1. The van der Waals surface area contributed by atoms with Crippen LogP contribution in [0.5, 0.6) is 0 Å². The normalized spacial score (nSPS) is 13.0. The summed E-state index contributed by atoms with van der Waals surface area (Å²) in [5.41, 5.74) is 3.93. The zero-order valence-electron chi connectivity index (χ0n) is 7.86. The van der Waals surface area contributed by atoms with Gasteiger partial charge in [0.2, 0.25) is 0 Å². The van der Waals surface area contributed by atoms with Crippen LogP contribution in [0, 0.1) is 6.92 Å². The highest BCUT2D eigenvalue weighted by atomic mass is 32.1. The van der Waals surface area contributed by atoms with Gasteiger partial charge in [0.25, 0.3) is 0 Å². The average molecular weight is 208 g/mol. The molecule has 0 aromatic carbocycles. The molecule has 3 N–H and O–H groups in total. The van der Waals surface area contributed by atoms with E-state index in [4.69, 9.17) is 10.3 Å². The van der Waals surface area contributed by atoms with Gasteiger partial charge in [-0.05, 0) is 36.1 Å². The molecule has 0 amide bonds. The van der Waals surface area contributed by atoms with Crippen molar-refractivity contribution in [2.45, 2.75) is 13.0 Å². The fourth-order valence-corrected chi connectivity index (χ4v) is 2.22. The SMILES string of the molecule is Cc1sccc1C(NN)c1ccco1. The molecule has 0 aliphatic rings. The average Bonchev–Trinajstić information content (AvgIpc) is 2.80.